The molecule has 0 amide bonds. The van der Waals surface area contributed by atoms with E-state index in [1.807, 2.05) is 0 Å². The predicted octanol–water partition coefficient (Wildman–Crippen LogP) is 2.20. The van der Waals surface area contributed by atoms with Crippen molar-refractivity contribution in [3.8, 4) is 0 Å². The van der Waals surface area contributed by atoms with Gasteiger partial charge in [-0.15, -0.1) is 11.6 Å². The van der Waals surface area contributed by atoms with Crippen LogP contribution in [-0.4, -0.2) is 37.4 Å². The average molecular weight is 270 g/mol. The summed E-state index contributed by atoms with van der Waals surface area (Å²) in [5.41, 5.74) is -0.117. The molecule has 0 aliphatic carbocycles. The zero-order valence-corrected chi connectivity index (χ0v) is 12.3. The highest BCUT2D eigenvalue weighted by Crippen LogP contribution is 2.16. The van der Waals surface area contributed by atoms with Crippen molar-refractivity contribution in [2.24, 2.45) is 0 Å². The Morgan fingerprint density at radius 2 is 1.75 bits per heavy atom. The standard InChI is InChI=1S/C11H24ClNO2S/c1-5-11(6-2,9-12)13-7-8-16(14,15)10(3)4/h10,13H,5-9H2,1-4H3. The van der Waals surface area contributed by atoms with Crippen LogP contribution in [0.4, 0.5) is 0 Å². The Morgan fingerprint density at radius 1 is 1.25 bits per heavy atom. The summed E-state index contributed by atoms with van der Waals surface area (Å²) >= 11 is 5.93. The molecule has 0 saturated carbocycles. The lowest BCUT2D eigenvalue weighted by molar-refractivity contribution is 0.345. The first-order valence-corrected chi connectivity index (χ1v) is 8.11. The van der Waals surface area contributed by atoms with Gasteiger partial charge in [-0.3, -0.25) is 0 Å². The quantitative estimate of drug-likeness (QED) is 0.687. The SMILES string of the molecule is CCC(CC)(CCl)NCCS(=O)(=O)C(C)C. The summed E-state index contributed by atoms with van der Waals surface area (Å²) in [6, 6.07) is 0. The van der Waals surface area contributed by atoms with Gasteiger partial charge in [0, 0.05) is 18.0 Å². The molecule has 0 fully saturated rings. The number of nitrogens with one attached hydrogen (secondary N) is 1. The van der Waals surface area contributed by atoms with E-state index in [4.69, 9.17) is 11.6 Å². The fraction of sp³-hybridized carbons (Fsp3) is 1.00. The highest BCUT2D eigenvalue weighted by atomic mass is 35.5. The first kappa shape index (κ1) is 16.2. The highest BCUT2D eigenvalue weighted by Gasteiger charge is 2.25. The Labute approximate surface area is 105 Å². The third-order valence-corrected chi connectivity index (χ3v) is 5.94. The molecule has 0 atom stereocenters. The maximum Gasteiger partial charge on any atom is 0.153 e. The molecule has 98 valence electrons. The van der Waals surface area contributed by atoms with Crippen molar-refractivity contribution in [3.63, 3.8) is 0 Å². The van der Waals surface area contributed by atoms with E-state index >= 15 is 0 Å². The van der Waals surface area contributed by atoms with Gasteiger partial charge in [-0.1, -0.05) is 13.8 Å². The van der Waals surface area contributed by atoms with Crippen LogP contribution in [0.2, 0.25) is 0 Å². The van der Waals surface area contributed by atoms with Gasteiger partial charge in [0.15, 0.2) is 9.84 Å². The molecule has 0 radical (unpaired) electrons. The molecule has 0 unspecified atom stereocenters. The summed E-state index contributed by atoms with van der Waals surface area (Å²) in [6.07, 6.45) is 1.82. The van der Waals surface area contributed by atoms with Crippen LogP contribution < -0.4 is 5.32 Å². The third kappa shape index (κ3) is 4.60. The molecule has 3 nitrogen and oxygen atoms in total. The molecule has 0 rings (SSSR count). The lowest BCUT2D eigenvalue weighted by atomic mass is 9.95. The topological polar surface area (TPSA) is 46.2 Å². The second-order valence-corrected chi connectivity index (χ2v) is 7.41. The number of rotatable bonds is 8. The van der Waals surface area contributed by atoms with Gasteiger partial charge in [0.05, 0.1) is 11.0 Å². The van der Waals surface area contributed by atoms with Gasteiger partial charge in [0.25, 0.3) is 0 Å². The van der Waals surface area contributed by atoms with Gasteiger partial charge in [-0.05, 0) is 26.7 Å². The van der Waals surface area contributed by atoms with Crippen molar-refractivity contribution < 1.29 is 8.42 Å². The normalized spacial score (nSPS) is 13.4. The van der Waals surface area contributed by atoms with E-state index in [9.17, 15) is 8.42 Å². The summed E-state index contributed by atoms with van der Waals surface area (Å²) < 4.78 is 23.2. The molecule has 0 aliphatic heterocycles. The fourth-order valence-corrected chi connectivity index (χ4v) is 2.76. The summed E-state index contributed by atoms with van der Waals surface area (Å²) in [6.45, 7) is 8.04. The first-order valence-electron chi connectivity index (χ1n) is 5.86. The van der Waals surface area contributed by atoms with Crippen molar-refractivity contribution in [1.29, 1.82) is 0 Å². The van der Waals surface area contributed by atoms with Crippen LogP contribution in [0, 0.1) is 0 Å². The highest BCUT2D eigenvalue weighted by molar-refractivity contribution is 7.92. The van der Waals surface area contributed by atoms with Crippen LogP contribution in [0.15, 0.2) is 0 Å². The molecule has 0 heterocycles. The molecule has 0 aromatic heterocycles. The third-order valence-electron chi connectivity index (χ3n) is 3.21. The largest absolute Gasteiger partial charge is 0.309 e. The van der Waals surface area contributed by atoms with Gasteiger partial charge in [-0.2, -0.15) is 0 Å². The van der Waals surface area contributed by atoms with Crippen LogP contribution in [0.1, 0.15) is 40.5 Å². The minimum absolute atomic E-state index is 0.117. The molecule has 0 saturated heterocycles. The van der Waals surface area contributed by atoms with Crippen LogP contribution in [0.3, 0.4) is 0 Å². The fourth-order valence-electron chi connectivity index (χ4n) is 1.43. The molecule has 0 bridgehead atoms. The molecule has 0 aliphatic rings. The van der Waals surface area contributed by atoms with Crippen LogP contribution in [0.25, 0.3) is 0 Å². The maximum absolute atomic E-state index is 11.6. The van der Waals surface area contributed by atoms with Gasteiger partial charge < -0.3 is 5.32 Å². The van der Waals surface area contributed by atoms with E-state index in [2.05, 4.69) is 19.2 Å². The molecule has 16 heavy (non-hydrogen) atoms. The maximum atomic E-state index is 11.6. The first-order chi connectivity index (χ1) is 7.33. The summed E-state index contributed by atoms with van der Waals surface area (Å²) in [5, 5.41) is 2.98. The van der Waals surface area contributed by atoms with E-state index in [-0.39, 0.29) is 16.5 Å². The number of halogens is 1. The van der Waals surface area contributed by atoms with Crippen LogP contribution in [0.5, 0.6) is 0 Å². The lowest BCUT2D eigenvalue weighted by Crippen LogP contribution is -2.48. The van der Waals surface area contributed by atoms with E-state index in [1.165, 1.54) is 0 Å². The lowest BCUT2D eigenvalue weighted by Gasteiger charge is -2.30. The predicted molar refractivity (Wildman–Crippen MR) is 71.0 cm³/mol. The average Bonchev–Trinajstić information content (AvgIpc) is 2.25. The number of sulfone groups is 1. The second kappa shape index (κ2) is 6.82. The zero-order chi connectivity index (χ0) is 12.8. The van der Waals surface area contributed by atoms with Crippen molar-refractivity contribution in [2.75, 3.05) is 18.2 Å². The Bertz CT molecular complexity index is 276. The minimum Gasteiger partial charge on any atom is -0.309 e. The number of hydrogen-bond donors (Lipinski definition) is 1. The Morgan fingerprint density at radius 3 is 2.06 bits per heavy atom. The van der Waals surface area contributed by atoms with Gasteiger partial charge in [0.2, 0.25) is 0 Å². The Kier molecular flexibility index (Phi) is 6.90. The van der Waals surface area contributed by atoms with Gasteiger partial charge >= 0.3 is 0 Å². The summed E-state index contributed by atoms with van der Waals surface area (Å²) in [7, 11) is -2.95. The number of hydrogen-bond acceptors (Lipinski definition) is 3. The number of alkyl halides is 1. The van der Waals surface area contributed by atoms with Crippen molar-refractivity contribution in [1.82, 2.24) is 5.32 Å². The Hall–Kier alpha value is 0.200. The van der Waals surface area contributed by atoms with Crippen molar-refractivity contribution in [2.45, 2.75) is 51.3 Å². The molecule has 0 aromatic rings. The van der Waals surface area contributed by atoms with Gasteiger partial charge in [0.1, 0.15) is 0 Å². The van der Waals surface area contributed by atoms with E-state index in [1.54, 1.807) is 13.8 Å². The van der Waals surface area contributed by atoms with Crippen LogP contribution >= 0.6 is 11.6 Å². The van der Waals surface area contributed by atoms with Crippen LogP contribution in [-0.2, 0) is 9.84 Å². The molecule has 0 aromatic carbocycles. The Balaban J connectivity index is 4.25. The molecular weight excluding hydrogens is 246 g/mol. The van der Waals surface area contributed by atoms with E-state index in [0.717, 1.165) is 12.8 Å². The smallest absolute Gasteiger partial charge is 0.153 e. The molecule has 5 heteroatoms. The monoisotopic (exact) mass is 269 g/mol. The second-order valence-electron chi connectivity index (χ2n) is 4.46. The van der Waals surface area contributed by atoms with E-state index in [0.29, 0.717) is 12.4 Å². The zero-order valence-electron chi connectivity index (χ0n) is 10.7. The van der Waals surface area contributed by atoms with Crippen molar-refractivity contribution in [3.05, 3.63) is 0 Å². The summed E-state index contributed by atoms with van der Waals surface area (Å²) in [4.78, 5) is 0. The molecule has 0 spiro atoms. The molecular formula is C11H24ClNO2S. The van der Waals surface area contributed by atoms with E-state index < -0.39 is 9.84 Å². The van der Waals surface area contributed by atoms with Gasteiger partial charge in [-0.25, -0.2) is 8.42 Å². The summed E-state index contributed by atoms with van der Waals surface area (Å²) in [5.74, 6) is 0.699. The minimum atomic E-state index is -2.95. The molecule has 1 N–H and O–H groups in total. The van der Waals surface area contributed by atoms with Crippen molar-refractivity contribution >= 4 is 21.4 Å².